The minimum Gasteiger partial charge on any atom is -0.402 e. The molecule has 0 unspecified atom stereocenters. The fourth-order valence-corrected chi connectivity index (χ4v) is 2.67. The minimum atomic E-state index is -0.794. The summed E-state index contributed by atoms with van der Waals surface area (Å²) in [7, 11) is 0. The lowest BCUT2D eigenvalue weighted by atomic mass is 10.1. The van der Waals surface area contributed by atoms with E-state index in [-0.39, 0.29) is 38.6 Å². The Kier molecular flexibility index (Phi) is 4.89. The summed E-state index contributed by atoms with van der Waals surface area (Å²) in [5.41, 5.74) is -0.145. The molecule has 9 nitrogen and oxygen atoms in total. The maximum atomic E-state index is 12.0. The average molecular weight is 408 g/mol. The Hall–Kier alpha value is -3.30. The van der Waals surface area contributed by atoms with E-state index >= 15 is 0 Å². The van der Waals surface area contributed by atoms with Gasteiger partial charge in [-0.25, -0.2) is 9.79 Å². The van der Waals surface area contributed by atoms with Crippen molar-refractivity contribution in [2.45, 2.75) is 0 Å². The van der Waals surface area contributed by atoms with Gasteiger partial charge in [-0.2, -0.15) is 0 Å². The lowest BCUT2D eigenvalue weighted by Gasteiger charge is -2.02. The number of esters is 1. The molecule has 1 aliphatic heterocycles. The van der Waals surface area contributed by atoms with Crippen molar-refractivity contribution >= 4 is 52.5 Å². The van der Waals surface area contributed by atoms with Crippen LogP contribution in [0.25, 0.3) is 6.08 Å². The fraction of sp³-hybridized carbons (Fsp3) is 0. The van der Waals surface area contributed by atoms with Crippen LogP contribution in [0.15, 0.2) is 47.1 Å². The zero-order chi connectivity index (χ0) is 19.7. The fourth-order valence-electron chi connectivity index (χ4n) is 2.23. The van der Waals surface area contributed by atoms with Gasteiger partial charge in [-0.15, -0.1) is 0 Å². The van der Waals surface area contributed by atoms with E-state index in [2.05, 4.69) is 4.99 Å². The summed E-state index contributed by atoms with van der Waals surface area (Å²) in [6, 6.07) is 7.60. The SMILES string of the molecule is O=C1OC(c2ccc([N+](=O)[O-])cc2Cl)=N/C1=C\c1ccc(Cl)c([N+](=O)[O-])c1. The lowest BCUT2D eigenvalue weighted by Crippen LogP contribution is -2.06. The number of carbonyl (C=O) groups is 1. The first-order valence-electron chi connectivity index (χ1n) is 7.17. The minimum absolute atomic E-state index is 0.0147. The molecule has 0 radical (unpaired) electrons. The number of hydrogen-bond acceptors (Lipinski definition) is 7. The van der Waals surface area contributed by atoms with E-state index in [1.54, 1.807) is 0 Å². The van der Waals surface area contributed by atoms with Crippen molar-refractivity contribution in [3.05, 3.63) is 83.5 Å². The molecule has 2 aromatic carbocycles. The summed E-state index contributed by atoms with van der Waals surface area (Å²) >= 11 is 11.7. The summed E-state index contributed by atoms with van der Waals surface area (Å²) in [5, 5.41) is 21.6. The van der Waals surface area contributed by atoms with Gasteiger partial charge >= 0.3 is 5.97 Å². The van der Waals surface area contributed by atoms with Gasteiger partial charge < -0.3 is 4.74 Å². The number of rotatable bonds is 4. The Balaban J connectivity index is 1.97. The van der Waals surface area contributed by atoms with E-state index in [1.807, 2.05) is 0 Å². The van der Waals surface area contributed by atoms with Crippen LogP contribution in [0, 0.1) is 20.2 Å². The van der Waals surface area contributed by atoms with Crippen LogP contribution in [0.1, 0.15) is 11.1 Å². The van der Waals surface area contributed by atoms with Crippen molar-refractivity contribution in [1.29, 1.82) is 0 Å². The molecule has 0 amide bonds. The van der Waals surface area contributed by atoms with E-state index in [0.717, 1.165) is 6.07 Å². The molecule has 3 rings (SSSR count). The molecule has 27 heavy (non-hydrogen) atoms. The van der Waals surface area contributed by atoms with E-state index in [4.69, 9.17) is 27.9 Å². The summed E-state index contributed by atoms with van der Waals surface area (Å²) in [6.45, 7) is 0. The number of ether oxygens (including phenoxy) is 1. The second kappa shape index (κ2) is 7.14. The zero-order valence-corrected chi connectivity index (χ0v) is 14.6. The molecule has 1 heterocycles. The predicted molar refractivity (Wildman–Crippen MR) is 96.8 cm³/mol. The summed E-state index contributed by atoms with van der Waals surface area (Å²) < 4.78 is 5.04. The summed E-state index contributed by atoms with van der Waals surface area (Å²) in [5.74, 6) is -0.924. The summed E-state index contributed by atoms with van der Waals surface area (Å²) in [6.07, 6.45) is 1.29. The van der Waals surface area contributed by atoms with Gasteiger partial charge in [0.1, 0.15) is 5.02 Å². The van der Waals surface area contributed by atoms with Crippen LogP contribution in [-0.2, 0) is 9.53 Å². The molecule has 0 saturated carbocycles. The largest absolute Gasteiger partial charge is 0.402 e. The predicted octanol–water partition coefficient (Wildman–Crippen LogP) is 4.15. The maximum Gasteiger partial charge on any atom is 0.363 e. The molecule has 1 aliphatic rings. The van der Waals surface area contributed by atoms with Crippen molar-refractivity contribution in [2.75, 3.05) is 0 Å². The third kappa shape index (κ3) is 3.78. The molecule has 136 valence electrons. The van der Waals surface area contributed by atoms with Crippen LogP contribution in [0.3, 0.4) is 0 Å². The highest BCUT2D eigenvalue weighted by Crippen LogP contribution is 2.29. The van der Waals surface area contributed by atoms with Crippen LogP contribution < -0.4 is 0 Å². The van der Waals surface area contributed by atoms with Gasteiger partial charge in [0, 0.05) is 18.2 Å². The Morgan fingerprint density at radius 3 is 2.37 bits per heavy atom. The number of halogens is 2. The Morgan fingerprint density at radius 1 is 1.00 bits per heavy atom. The molecule has 0 aromatic heterocycles. The van der Waals surface area contributed by atoms with Crippen LogP contribution in [0.2, 0.25) is 10.0 Å². The highest BCUT2D eigenvalue weighted by Gasteiger charge is 2.26. The molecule has 0 spiro atoms. The maximum absolute atomic E-state index is 12.0. The Morgan fingerprint density at radius 2 is 1.74 bits per heavy atom. The molecular formula is C16H7Cl2N3O6. The highest BCUT2D eigenvalue weighted by atomic mass is 35.5. The first-order valence-corrected chi connectivity index (χ1v) is 7.92. The third-order valence-electron chi connectivity index (χ3n) is 3.48. The van der Waals surface area contributed by atoms with Gasteiger partial charge in [-0.3, -0.25) is 20.2 Å². The van der Waals surface area contributed by atoms with Crippen LogP contribution >= 0.6 is 23.2 Å². The molecule has 0 aliphatic carbocycles. The normalized spacial score (nSPS) is 14.8. The van der Waals surface area contributed by atoms with Gasteiger partial charge in [0.2, 0.25) is 5.90 Å². The standard InChI is InChI=1S/C16H7Cl2N3O6/c17-11-4-1-8(6-14(11)21(25)26)5-13-16(22)27-15(19-13)10-3-2-9(20(23)24)7-12(10)18/h1-7H/b13-5-. The van der Waals surface area contributed by atoms with Gasteiger partial charge in [-0.1, -0.05) is 29.3 Å². The molecule has 0 N–H and O–H groups in total. The van der Waals surface area contributed by atoms with Crippen LogP contribution in [0.5, 0.6) is 0 Å². The van der Waals surface area contributed by atoms with Crippen molar-refractivity contribution < 1.29 is 19.4 Å². The number of cyclic esters (lactones) is 1. The third-order valence-corrected chi connectivity index (χ3v) is 4.12. The first kappa shape index (κ1) is 18.5. The number of benzene rings is 2. The molecule has 0 fully saturated rings. The smallest absolute Gasteiger partial charge is 0.363 e. The van der Waals surface area contributed by atoms with E-state index in [9.17, 15) is 25.0 Å². The quantitative estimate of drug-likeness (QED) is 0.324. The Bertz CT molecular complexity index is 1060. The molecule has 2 aromatic rings. The first-order chi connectivity index (χ1) is 12.8. The van der Waals surface area contributed by atoms with Crippen molar-refractivity contribution in [3.8, 4) is 0 Å². The molecular weight excluding hydrogens is 401 g/mol. The monoisotopic (exact) mass is 407 g/mol. The van der Waals surface area contributed by atoms with E-state index in [0.29, 0.717) is 5.56 Å². The van der Waals surface area contributed by atoms with Gasteiger partial charge in [0.05, 0.1) is 20.4 Å². The Labute approximate surface area is 160 Å². The van der Waals surface area contributed by atoms with Gasteiger partial charge in [0.25, 0.3) is 11.4 Å². The zero-order valence-electron chi connectivity index (χ0n) is 13.1. The molecule has 11 heteroatoms. The van der Waals surface area contributed by atoms with Crippen molar-refractivity contribution in [3.63, 3.8) is 0 Å². The topological polar surface area (TPSA) is 125 Å². The van der Waals surface area contributed by atoms with Gasteiger partial charge in [0.15, 0.2) is 5.70 Å². The number of carbonyl (C=O) groups excluding carboxylic acids is 1. The number of hydrogen-bond donors (Lipinski definition) is 0. The van der Waals surface area contributed by atoms with Crippen molar-refractivity contribution in [2.24, 2.45) is 4.99 Å². The van der Waals surface area contributed by atoms with Crippen LogP contribution in [-0.4, -0.2) is 21.7 Å². The lowest BCUT2D eigenvalue weighted by molar-refractivity contribution is -0.385. The second-order valence-electron chi connectivity index (χ2n) is 5.23. The average Bonchev–Trinajstić information content (AvgIpc) is 2.96. The van der Waals surface area contributed by atoms with Crippen molar-refractivity contribution in [1.82, 2.24) is 0 Å². The van der Waals surface area contributed by atoms with Crippen LogP contribution in [0.4, 0.5) is 11.4 Å². The van der Waals surface area contributed by atoms with E-state index < -0.39 is 15.8 Å². The molecule has 0 saturated heterocycles. The molecule has 0 atom stereocenters. The number of non-ortho nitro benzene ring substituents is 1. The van der Waals surface area contributed by atoms with E-state index in [1.165, 1.54) is 36.4 Å². The van der Waals surface area contributed by atoms with Gasteiger partial charge in [-0.05, 0) is 23.8 Å². The number of nitro benzene ring substituents is 2. The summed E-state index contributed by atoms with van der Waals surface area (Å²) in [4.78, 5) is 36.5. The number of nitro groups is 2. The highest BCUT2D eigenvalue weighted by molar-refractivity contribution is 6.34. The number of aliphatic imine (C=N–C) groups is 1. The molecule has 0 bridgehead atoms. The number of nitrogens with zero attached hydrogens (tertiary/aromatic N) is 3. The second-order valence-corrected chi connectivity index (χ2v) is 6.04.